The van der Waals surface area contributed by atoms with E-state index in [0.29, 0.717) is 19.4 Å². The molecule has 4 rings (SSSR count). The van der Waals surface area contributed by atoms with Crippen molar-refractivity contribution in [3.63, 3.8) is 0 Å². The molecule has 2 aromatic carbocycles. The number of aromatic amines is 1. The van der Waals surface area contributed by atoms with Gasteiger partial charge in [-0.05, 0) is 63.4 Å². The maximum Gasteiger partial charge on any atom is 0.417 e. The van der Waals surface area contributed by atoms with Crippen LogP contribution in [0.1, 0.15) is 39.2 Å². The Balaban J connectivity index is 1.53. The number of aromatic nitrogens is 3. The van der Waals surface area contributed by atoms with Gasteiger partial charge in [-0.25, -0.2) is 23.0 Å². The van der Waals surface area contributed by atoms with E-state index < -0.39 is 39.5 Å². The lowest BCUT2D eigenvalue weighted by molar-refractivity contribution is -0.137. The molecule has 0 radical (unpaired) electrons. The van der Waals surface area contributed by atoms with E-state index in [-0.39, 0.29) is 45.2 Å². The van der Waals surface area contributed by atoms with Crippen molar-refractivity contribution in [3.8, 4) is 11.1 Å². The predicted molar refractivity (Wildman–Crippen MR) is 147 cm³/mol. The lowest BCUT2D eigenvalue weighted by Crippen LogP contribution is -2.45. The summed E-state index contributed by atoms with van der Waals surface area (Å²) in [6, 6.07) is 6.59. The Morgan fingerprint density at radius 3 is 2.49 bits per heavy atom. The second-order valence-electron chi connectivity index (χ2n) is 10.4. The molecule has 1 aliphatic rings. The predicted octanol–water partition coefficient (Wildman–Crippen LogP) is 5.15. The Labute approximate surface area is 239 Å². The van der Waals surface area contributed by atoms with Crippen LogP contribution in [-0.2, 0) is 20.9 Å². The number of nitrogens with one attached hydrogen (secondary N) is 3. The summed E-state index contributed by atoms with van der Waals surface area (Å²) in [5.74, 6) is -0.0762. The molecule has 0 aliphatic carbocycles. The van der Waals surface area contributed by atoms with E-state index in [4.69, 9.17) is 22.1 Å². The van der Waals surface area contributed by atoms with E-state index in [2.05, 4.69) is 25.2 Å². The Bertz CT molecular complexity index is 1520. The number of likely N-dealkylation sites (tertiary alicyclic amines) is 1. The number of benzene rings is 2. The first-order valence-electron chi connectivity index (χ1n) is 12.5. The average Bonchev–Trinajstić information content (AvgIpc) is 3.50. The Morgan fingerprint density at radius 2 is 1.90 bits per heavy atom. The first-order chi connectivity index (χ1) is 19.0. The van der Waals surface area contributed by atoms with Gasteiger partial charge in [0.15, 0.2) is 0 Å². The number of hydrogen-bond donors (Lipinski definition) is 4. The fourth-order valence-electron chi connectivity index (χ4n) is 4.35. The van der Waals surface area contributed by atoms with Gasteiger partial charge in [-0.1, -0.05) is 23.7 Å². The third kappa shape index (κ3) is 7.40. The first kappa shape index (κ1) is 30.4. The number of nitrogens with two attached hydrogens (primary N) is 1. The number of nitrogen functional groups attached to an aromatic ring is 1. The van der Waals surface area contributed by atoms with Crippen molar-refractivity contribution < 1.29 is 31.1 Å². The summed E-state index contributed by atoms with van der Waals surface area (Å²) in [5, 5.41) is 8.46. The van der Waals surface area contributed by atoms with Crippen molar-refractivity contribution in [2.45, 2.75) is 56.3 Å². The van der Waals surface area contributed by atoms with Gasteiger partial charge in [-0.3, -0.25) is 0 Å². The van der Waals surface area contributed by atoms with Crippen molar-refractivity contribution in [3.05, 3.63) is 47.0 Å². The van der Waals surface area contributed by atoms with Crippen molar-refractivity contribution in [2.24, 2.45) is 0 Å². The molecule has 1 saturated heterocycles. The van der Waals surface area contributed by atoms with Crippen molar-refractivity contribution in [1.29, 1.82) is 0 Å². The smallest absolute Gasteiger partial charge is 0.417 e. The number of H-pyrrole nitrogens is 1. The largest absolute Gasteiger partial charge is 0.444 e. The SMILES string of the molecule is CC(C)(C)OC(=O)N1CCC[C@H]1CNS(=O)(=O)c1ccc(-c2c(Cl)cc(Nc3n[nH]c(N)n3)cc2C(F)(F)F)cc1. The van der Waals surface area contributed by atoms with Gasteiger partial charge >= 0.3 is 12.3 Å². The van der Waals surface area contributed by atoms with Gasteiger partial charge in [0.25, 0.3) is 0 Å². The molecule has 1 aliphatic heterocycles. The zero-order valence-electron chi connectivity index (χ0n) is 22.3. The highest BCUT2D eigenvalue weighted by molar-refractivity contribution is 7.89. The van der Waals surface area contributed by atoms with Crippen LogP contribution in [0.25, 0.3) is 11.1 Å². The van der Waals surface area contributed by atoms with Crippen molar-refractivity contribution >= 4 is 45.3 Å². The fraction of sp³-hybridized carbons (Fsp3) is 0.400. The quantitative estimate of drug-likeness (QED) is 0.284. The van der Waals surface area contributed by atoms with Gasteiger partial charge < -0.3 is 20.7 Å². The molecule has 16 heteroatoms. The number of carbonyl (C=O) groups is 1. The van der Waals surface area contributed by atoms with E-state index in [1.54, 1.807) is 20.8 Å². The van der Waals surface area contributed by atoms with E-state index in [1.165, 1.54) is 35.2 Å². The van der Waals surface area contributed by atoms with Crippen LogP contribution in [0.3, 0.4) is 0 Å². The zero-order chi connectivity index (χ0) is 30.2. The molecule has 11 nitrogen and oxygen atoms in total. The van der Waals surface area contributed by atoms with Gasteiger partial charge in [-0.15, -0.1) is 5.10 Å². The van der Waals surface area contributed by atoms with Crippen LogP contribution in [0, 0.1) is 0 Å². The topological polar surface area (TPSA) is 155 Å². The van der Waals surface area contributed by atoms with E-state index >= 15 is 0 Å². The molecule has 0 saturated carbocycles. The van der Waals surface area contributed by atoms with E-state index in [9.17, 15) is 26.4 Å². The highest BCUT2D eigenvalue weighted by atomic mass is 35.5. The highest BCUT2D eigenvalue weighted by Crippen LogP contribution is 2.43. The van der Waals surface area contributed by atoms with Gasteiger partial charge in [0.2, 0.25) is 21.9 Å². The summed E-state index contributed by atoms with van der Waals surface area (Å²) >= 11 is 6.29. The van der Waals surface area contributed by atoms with Crippen LogP contribution in [-0.4, -0.2) is 59.3 Å². The molecule has 3 aromatic rings. The third-order valence-corrected chi connectivity index (χ3v) is 7.86. The summed E-state index contributed by atoms with van der Waals surface area (Å²) in [4.78, 5) is 17.6. The summed E-state index contributed by atoms with van der Waals surface area (Å²) in [6.45, 7) is 5.63. The Hall–Kier alpha value is -3.56. The molecule has 0 bridgehead atoms. The summed E-state index contributed by atoms with van der Waals surface area (Å²) < 4.78 is 76.0. The van der Waals surface area contributed by atoms with Crippen LogP contribution < -0.4 is 15.8 Å². The molecule has 1 atom stereocenters. The van der Waals surface area contributed by atoms with Crippen LogP contribution in [0.5, 0.6) is 0 Å². The minimum Gasteiger partial charge on any atom is -0.444 e. The van der Waals surface area contributed by atoms with Crippen LogP contribution in [0.2, 0.25) is 5.02 Å². The number of amides is 1. The van der Waals surface area contributed by atoms with Gasteiger partial charge in [0.05, 0.1) is 15.5 Å². The summed E-state index contributed by atoms with van der Waals surface area (Å²) in [6.07, 6.45) is -4.02. The normalized spacial score (nSPS) is 16.2. The molecule has 222 valence electrons. The number of rotatable bonds is 7. The minimum atomic E-state index is -4.79. The molecule has 5 N–H and O–H groups in total. The molecule has 1 amide bonds. The summed E-state index contributed by atoms with van der Waals surface area (Å²) in [5.41, 5.74) is 3.42. The minimum absolute atomic E-state index is 0.0270. The first-order valence-corrected chi connectivity index (χ1v) is 14.3. The molecule has 0 unspecified atom stereocenters. The number of carbonyl (C=O) groups excluding carboxylic acids is 1. The Kier molecular flexibility index (Phi) is 8.43. The average molecular weight is 616 g/mol. The lowest BCUT2D eigenvalue weighted by Gasteiger charge is -2.28. The van der Waals surface area contributed by atoms with E-state index in [1.807, 2.05) is 0 Å². The maximum absolute atomic E-state index is 14.0. The fourth-order valence-corrected chi connectivity index (χ4v) is 5.76. The van der Waals surface area contributed by atoms with Crippen LogP contribution in [0.4, 0.5) is 35.5 Å². The van der Waals surface area contributed by atoms with Crippen molar-refractivity contribution in [1.82, 2.24) is 24.8 Å². The molecular formula is C25H29ClF3N7O4S. The number of anilines is 3. The number of alkyl halides is 3. The number of halogens is 4. The molecule has 41 heavy (non-hydrogen) atoms. The molecular weight excluding hydrogens is 587 g/mol. The van der Waals surface area contributed by atoms with E-state index in [0.717, 1.165) is 6.07 Å². The van der Waals surface area contributed by atoms with Crippen LogP contribution in [0.15, 0.2) is 41.3 Å². The standard InChI is InChI=1S/C25H29ClF3N7O4S/c1-24(2,3)40-23(37)36-10-4-5-16(36)13-31-41(38,39)17-8-6-14(7-9-17)20-18(25(27,28)29)11-15(12-19(20)26)32-22-33-21(30)34-35-22/h6-9,11-12,16,31H,4-5,10,13H2,1-3H3,(H4,30,32,33,34,35)/t16-/m0/s1. The molecule has 1 aromatic heterocycles. The van der Waals surface area contributed by atoms with Gasteiger partial charge in [0, 0.05) is 30.4 Å². The molecule has 0 spiro atoms. The highest BCUT2D eigenvalue weighted by Gasteiger charge is 2.36. The van der Waals surface area contributed by atoms with Gasteiger partial charge in [-0.2, -0.15) is 18.2 Å². The third-order valence-electron chi connectivity index (χ3n) is 6.12. The van der Waals surface area contributed by atoms with Crippen LogP contribution >= 0.6 is 11.6 Å². The molecule has 1 fully saturated rings. The monoisotopic (exact) mass is 615 g/mol. The summed E-state index contributed by atoms with van der Waals surface area (Å²) in [7, 11) is -4.04. The van der Waals surface area contributed by atoms with Gasteiger partial charge in [0.1, 0.15) is 5.60 Å². The maximum atomic E-state index is 14.0. The lowest BCUT2D eigenvalue weighted by atomic mass is 9.98. The second-order valence-corrected chi connectivity index (χ2v) is 12.6. The molecule has 2 heterocycles. The number of sulfonamides is 1. The second kappa shape index (κ2) is 11.4. The zero-order valence-corrected chi connectivity index (χ0v) is 23.9. The van der Waals surface area contributed by atoms with Crippen molar-refractivity contribution in [2.75, 3.05) is 24.1 Å². The number of ether oxygens (including phenoxy) is 1. The number of hydrogen-bond acceptors (Lipinski definition) is 8. The Morgan fingerprint density at radius 1 is 1.22 bits per heavy atom. The number of nitrogens with zero attached hydrogens (tertiary/aromatic N) is 3.